The lowest BCUT2D eigenvalue weighted by Gasteiger charge is -2.47. The van der Waals surface area contributed by atoms with Crippen LogP contribution < -0.4 is 5.32 Å². The van der Waals surface area contributed by atoms with Gasteiger partial charge in [-0.2, -0.15) is 0 Å². The molecule has 1 heterocycles. The van der Waals surface area contributed by atoms with Gasteiger partial charge in [0.05, 0.1) is 0 Å². The van der Waals surface area contributed by atoms with Crippen molar-refractivity contribution in [3.8, 4) is 0 Å². The summed E-state index contributed by atoms with van der Waals surface area (Å²) in [6.07, 6.45) is 7.51. The summed E-state index contributed by atoms with van der Waals surface area (Å²) in [5.41, 5.74) is 0.312. The van der Waals surface area contributed by atoms with Crippen molar-refractivity contribution in [1.82, 2.24) is 14.9 Å². The molecule has 0 spiro atoms. The van der Waals surface area contributed by atoms with E-state index in [-0.39, 0.29) is 0 Å². The van der Waals surface area contributed by atoms with E-state index in [0.29, 0.717) is 5.54 Å². The van der Waals surface area contributed by atoms with Crippen molar-refractivity contribution in [2.45, 2.75) is 24.8 Å². The van der Waals surface area contributed by atoms with Gasteiger partial charge >= 0.3 is 0 Å². The second-order valence-corrected chi connectivity index (χ2v) is 5.80. The Kier molecular flexibility index (Phi) is 3.63. The maximum Gasteiger partial charge on any atom is 0.222 e. The molecule has 1 aromatic heterocycles. The van der Waals surface area contributed by atoms with Crippen molar-refractivity contribution in [1.29, 1.82) is 0 Å². The first-order valence-corrected chi connectivity index (χ1v) is 6.59. The molecule has 0 aliphatic heterocycles. The van der Waals surface area contributed by atoms with Crippen LogP contribution in [0.25, 0.3) is 0 Å². The predicted octanol–water partition coefficient (Wildman–Crippen LogP) is 1.98. The number of nitrogens with zero attached hydrogens (tertiary/aromatic N) is 3. The average molecular weight is 332 g/mol. The minimum absolute atomic E-state index is 0.312. The van der Waals surface area contributed by atoms with Crippen LogP contribution in [0.15, 0.2) is 12.4 Å². The van der Waals surface area contributed by atoms with Crippen LogP contribution >= 0.6 is 22.6 Å². The zero-order chi connectivity index (χ0) is 11.6. The van der Waals surface area contributed by atoms with E-state index in [4.69, 9.17) is 0 Å². The molecule has 1 saturated carbocycles. The van der Waals surface area contributed by atoms with Crippen LogP contribution in [0.3, 0.4) is 0 Å². The van der Waals surface area contributed by atoms with Crippen LogP contribution in [0, 0.1) is 3.57 Å². The van der Waals surface area contributed by atoms with Crippen LogP contribution in [-0.2, 0) is 0 Å². The van der Waals surface area contributed by atoms with E-state index in [1.165, 1.54) is 19.3 Å². The van der Waals surface area contributed by atoms with Crippen molar-refractivity contribution < 1.29 is 0 Å². The van der Waals surface area contributed by atoms with E-state index < -0.39 is 0 Å². The number of likely N-dealkylation sites (N-methyl/N-ethyl adjacent to an activating group) is 1. The predicted molar refractivity (Wildman–Crippen MR) is 73.5 cm³/mol. The molecule has 5 heteroatoms. The van der Waals surface area contributed by atoms with Gasteiger partial charge in [0.15, 0.2) is 0 Å². The number of halogens is 1. The molecule has 0 radical (unpaired) electrons. The van der Waals surface area contributed by atoms with Crippen LogP contribution in [0.4, 0.5) is 5.95 Å². The summed E-state index contributed by atoms with van der Waals surface area (Å²) in [7, 11) is 4.30. The molecule has 1 aromatic rings. The highest BCUT2D eigenvalue weighted by molar-refractivity contribution is 14.1. The molecule has 4 nitrogen and oxygen atoms in total. The van der Waals surface area contributed by atoms with Gasteiger partial charge in [-0.15, -0.1) is 0 Å². The summed E-state index contributed by atoms with van der Waals surface area (Å²) in [5.74, 6) is 0.730. The quantitative estimate of drug-likeness (QED) is 0.856. The molecule has 0 amide bonds. The van der Waals surface area contributed by atoms with E-state index in [0.717, 1.165) is 16.1 Å². The Balaban J connectivity index is 1.93. The first kappa shape index (κ1) is 12.0. The molecule has 0 aromatic carbocycles. The summed E-state index contributed by atoms with van der Waals surface area (Å²) in [5, 5.41) is 3.33. The molecule has 0 saturated heterocycles. The van der Waals surface area contributed by atoms with E-state index in [9.17, 15) is 0 Å². The summed E-state index contributed by atoms with van der Waals surface area (Å²) >= 11 is 2.21. The Hall–Kier alpha value is -0.430. The van der Waals surface area contributed by atoms with Gasteiger partial charge in [-0.3, -0.25) is 0 Å². The van der Waals surface area contributed by atoms with E-state index in [1.807, 2.05) is 12.4 Å². The lowest BCUT2D eigenvalue weighted by molar-refractivity contribution is 0.0737. The number of aromatic nitrogens is 2. The van der Waals surface area contributed by atoms with E-state index >= 15 is 0 Å². The Morgan fingerprint density at radius 1 is 1.38 bits per heavy atom. The van der Waals surface area contributed by atoms with Crippen molar-refractivity contribution in [3.63, 3.8) is 0 Å². The number of hydrogen-bond donors (Lipinski definition) is 1. The van der Waals surface area contributed by atoms with Gasteiger partial charge in [-0.05, 0) is 55.9 Å². The number of anilines is 1. The fourth-order valence-electron chi connectivity index (χ4n) is 2.01. The lowest BCUT2D eigenvalue weighted by Crippen LogP contribution is -2.54. The lowest BCUT2D eigenvalue weighted by atomic mass is 9.75. The van der Waals surface area contributed by atoms with Gasteiger partial charge in [-0.1, -0.05) is 0 Å². The summed E-state index contributed by atoms with van der Waals surface area (Å²) in [6, 6.07) is 0. The molecule has 0 unspecified atom stereocenters. The number of nitrogens with one attached hydrogen (secondary N) is 1. The van der Waals surface area contributed by atoms with Crippen LogP contribution in [0.1, 0.15) is 19.3 Å². The molecular formula is C11H17IN4. The standard InChI is InChI=1S/C11H17IN4/c1-16(2)11(4-3-5-11)8-15-10-13-6-9(12)7-14-10/h6-7H,3-5,8H2,1-2H3,(H,13,14,15). The minimum Gasteiger partial charge on any atom is -0.352 e. The van der Waals surface area contributed by atoms with Crippen LogP contribution in [0.5, 0.6) is 0 Å². The fourth-order valence-corrected chi connectivity index (χ4v) is 2.29. The van der Waals surface area contributed by atoms with Gasteiger partial charge in [0.2, 0.25) is 5.95 Å². The first-order chi connectivity index (χ1) is 7.62. The first-order valence-electron chi connectivity index (χ1n) is 5.51. The van der Waals surface area contributed by atoms with Crippen molar-refractivity contribution >= 4 is 28.5 Å². The Morgan fingerprint density at radius 3 is 2.44 bits per heavy atom. The van der Waals surface area contributed by atoms with E-state index in [2.05, 4.69) is 56.9 Å². The number of rotatable bonds is 4. The molecule has 1 N–H and O–H groups in total. The largest absolute Gasteiger partial charge is 0.352 e. The maximum atomic E-state index is 4.25. The highest BCUT2D eigenvalue weighted by Gasteiger charge is 2.38. The third-order valence-electron chi connectivity index (χ3n) is 3.43. The summed E-state index contributed by atoms with van der Waals surface area (Å²) in [6.45, 7) is 0.931. The normalized spacial score (nSPS) is 18.2. The zero-order valence-corrected chi connectivity index (χ0v) is 11.9. The summed E-state index contributed by atoms with van der Waals surface area (Å²) < 4.78 is 1.06. The van der Waals surface area contributed by atoms with Gasteiger partial charge < -0.3 is 10.2 Å². The molecule has 0 atom stereocenters. The SMILES string of the molecule is CN(C)C1(CNc2ncc(I)cn2)CCC1. The van der Waals surface area contributed by atoms with Crippen LogP contribution in [0.2, 0.25) is 0 Å². The zero-order valence-electron chi connectivity index (χ0n) is 9.70. The maximum absolute atomic E-state index is 4.25. The molecule has 88 valence electrons. The average Bonchev–Trinajstić information content (AvgIpc) is 2.18. The Bertz CT molecular complexity index is 346. The second-order valence-electron chi connectivity index (χ2n) is 4.55. The molecule has 0 bridgehead atoms. The fraction of sp³-hybridized carbons (Fsp3) is 0.636. The van der Waals surface area contributed by atoms with Gasteiger partial charge in [-0.25, -0.2) is 9.97 Å². The minimum atomic E-state index is 0.312. The van der Waals surface area contributed by atoms with Gasteiger partial charge in [0.1, 0.15) is 0 Å². The van der Waals surface area contributed by atoms with E-state index in [1.54, 1.807) is 0 Å². The smallest absolute Gasteiger partial charge is 0.222 e. The Labute approximate surface area is 110 Å². The molecule has 1 aliphatic rings. The second kappa shape index (κ2) is 4.83. The highest BCUT2D eigenvalue weighted by Crippen LogP contribution is 2.35. The van der Waals surface area contributed by atoms with Crippen molar-refractivity contribution in [2.24, 2.45) is 0 Å². The van der Waals surface area contributed by atoms with Crippen molar-refractivity contribution in [3.05, 3.63) is 16.0 Å². The van der Waals surface area contributed by atoms with Gasteiger partial charge in [0, 0.05) is 28.0 Å². The topological polar surface area (TPSA) is 41.0 Å². The highest BCUT2D eigenvalue weighted by atomic mass is 127. The number of hydrogen-bond acceptors (Lipinski definition) is 4. The van der Waals surface area contributed by atoms with Gasteiger partial charge in [0.25, 0.3) is 0 Å². The molecule has 1 fully saturated rings. The van der Waals surface area contributed by atoms with Crippen molar-refractivity contribution in [2.75, 3.05) is 26.0 Å². The third-order valence-corrected chi connectivity index (χ3v) is 3.99. The molecular weight excluding hydrogens is 315 g/mol. The molecule has 16 heavy (non-hydrogen) atoms. The monoisotopic (exact) mass is 332 g/mol. The van der Waals surface area contributed by atoms with Crippen LogP contribution in [-0.4, -0.2) is 41.0 Å². The summed E-state index contributed by atoms with van der Waals surface area (Å²) in [4.78, 5) is 10.8. The third kappa shape index (κ3) is 2.45. The molecule has 2 rings (SSSR count). The molecule has 1 aliphatic carbocycles. The Morgan fingerprint density at radius 2 is 2.00 bits per heavy atom.